The standard InChI is InChI=1S/C8H12O2S/c1-6(10)8-4-2-3-7(5-9)11-8/h5,7-8H,2-4H2,1H3. The first-order valence-corrected chi connectivity index (χ1v) is 4.79. The van der Waals surface area contributed by atoms with E-state index >= 15 is 0 Å². The molecular formula is C8H12O2S. The molecule has 0 aromatic carbocycles. The third kappa shape index (κ3) is 2.33. The normalized spacial score (nSPS) is 31.4. The van der Waals surface area contributed by atoms with Crippen LogP contribution in [0.1, 0.15) is 26.2 Å². The Bertz CT molecular complexity index is 167. The van der Waals surface area contributed by atoms with E-state index in [9.17, 15) is 9.59 Å². The van der Waals surface area contributed by atoms with E-state index in [4.69, 9.17) is 0 Å². The molecule has 0 aliphatic carbocycles. The summed E-state index contributed by atoms with van der Waals surface area (Å²) in [5, 5.41) is 0.150. The number of rotatable bonds is 2. The Morgan fingerprint density at radius 2 is 2.27 bits per heavy atom. The number of hydrogen-bond acceptors (Lipinski definition) is 3. The largest absolute Gasteiger partial charge is 0.302 e. The minimum atomic E-state index is 0.0673. The van der Waals surface area contributed by atoms with Gasteiger partial charge in [-0.25, -0.2) is 0 Å². The quantitative estimate of drug-likeness (QED) is 0.591. The van der Waals surface area contributed by atoms with E-state index in [0.717, 1.165) is 25.5 Å². The summed E-state index contributed by atoms with van der Waals surface area (Å²) in [6, 6.07) is 0. The molecule has 2 unspecified atom stereocenters. The predicted molar refractivity (Wildman–Crippen MR) is 45.8 cm³/mol. The van der Waals surface area contributed by atoms with Gasteiger partial charge in [-0.3, -0.25) is 4.79 Å². The molecule has 2 atom stereocenters. The lowest BCUT2D eigenvalue weighted by atomic mass is 10.1. The molecule has 0 spiro atoms. The highest BCUT2D eigenvalue weighted by Crippen LogP contribution is 2.30. The highest BCUT2D eigenvalue weighted by Gasteiger charge is 2.24. The van der Waals surface area contributed by atoms with Gasteiger partial charge in [-0.2, -0.15) is 0 Å². The second kappa shape index (κ2) is 3.90. The van der Waals surface area contributed by atoms with E-state index < -0.39 is 0 Å². The van der Waals surface area contributed by atoms with Crippen molar-refractivity contribution < 1.29 is 9.59 Å². The van der Waals surface area contributed by atoms with E-state index in [-0.39, 0.29) is 16.3 Å². The number of carbonyl (C=O) groups excluding carboxylic acids is 2. The molecule has 1 rings (SSSR count). The first-order chi connectivity index (χ1) is 5.24. The fourth-order valence-electron chi connectivity index (χ4n) is 1.25. The van der Waals surface area contributed by atoms with Gasteiger partial charge in [0.15, 0.2) is 0 Å². The molecule has 11 heavy (non-hydrogen) atoms. The minimum Gasteiger partial charge on any atom is -0.302 e. The molecule has 0 saturated carbocycles. The molecule has 62 valence electrons. The first-order valence-electron chi connectivity index (χ1n) is 3.85. The fourth-order valence-corrected chi connectivity index (χ4v) is 2.53. The maximum Gasteiger partial charge on any atom is 0.142 e. The molecule has 1 aliphatic rings. The van der Waals surface area contributed by atoms with Crippen molar-refractivity contribution >= 4 is 23.8 Å². The SMILES string of the molecule is CC(=O)C1CCCC(C=O)S1. The topological polar surface area (TPSA) is 34.1 Å². The van der Waals surface area contributed by atoms with Crippen molar-refractivity contribution in [3.63, 3.8) is 0 Å². The summed E-state index contributed by atoms with van der Waals surface area (Å²) in [7, 11) is 0. The molecule has 2 nitrogen and oxygen atoms in total. The van der Waals surface area contributed by atoms with Crippen LogP contribution in [0.3, 0.4) is 0 Å². The fraction of sp³-hybridized carbons (Fsp3) is 0.750. The summed E-state index contributed by atoms with van der Waals surface area (Å²) in [5.74, 6) is 0.210. The molecule has 3 heteroatoms. The van der Waals surface area contributed by atoms with Gasteiger partial charge in [0, 0.05) is 0 Å². The van der Waals surface area contributed by atoms with Crippen LogP contribution in [0.25, 0.3) is 0 Å². The van der Waals surface area contributed by atoms with Crippen LogP contribution in [0.4, 0.5) is 0 Å². The lowest BCUT2D eigenvalue weighted by Gasteiger charge is -2.22. The Balaban J connectivity index is 2.45. The van der Waals surface area contributed by atoms with Crippen molar-refractivity contribution in [2.75, 3.05) is 0 Å². The number of thioether (sulfide) groups is 1. The van der Waals surface area contributed by atoms with Crippen molar-refractivity contribution in [2.24, 2.45) is 0 Å². The summed E-state index contributed by atoms with van der Waals surface area (Å²) in [6.45, 7) is 1.60. The monoisotopic (exact) mass is 172 g/mol. The zero-order valence-corrected chi connectivity index (χ0v) is 7.39. The Labute approximate surface area is 70.7 Å². The third-order valence-electron chi connectivity index (χ3n) is 1.90. The molecule has 0 aromatic heterocycles. The summed E-state index contributed by atoms with van der Waals surface area (Å²) >= 11 is 1.52. The maximum absolute atomic E-state index is 10.9. The van der Waals surface area contributed by atoms with E-state index in [2.05, 4.69) is 0 Å². The second-order valence-electron chi connectivity index (χ2n) is 2.84. The van der Waals surface area contributed by atoms with Crippen molar-refractivity contribution in [3.8, 4) is 0 Å². The van der Waals surface area contributed by atoms with Gasteiger partial charge < -0.3 is 4.79 Å². The van der Waals surface area contributed by atoms with Gasteiger partial charge in [-0.05, 0) is 19.8 Å². The molecule has 0 amide bonds. The molecule has 0 N–H and O–H groups in total. The van der Waals surface area contributed by atoms with Crippen LogP contribution in [0.5, 0.6) is 0 Å². The average Bonchev–Trinajstić information content (AvgIpc) is 2.05. The number of ketones is 1. The predicted octanol–water partition coefficient (Wildman–Crippen LogP) is 1.43. The lowest BCUT2D eigenvalue weighted by Crippen LogP contribution is -2.23. The van der Waals surface area contributed by atoms with Gasteiger partial charge in [0.25, 0.3) is 0 Å². The number of hydrogen-bond donors (Lipinski definition) is 0. The van der Waals surface area contributed by atoms with Crippen molar-refractivity contribution in [3.05, 3.63) is 0 Å². The minimum absolute atomic E-state index is 0.0673. The summed E-state index contributed by atoms with van der Waals surface area (Å²) in [5.41, 5.74) is 0. The molecule has 1 saturated heterocycles. The molecule has 0 radical (unpaired) electrons. The number of aldehydes is 1. The van der Waals surface area contributed by atoms with Gasteiger partial charge in [0.2, 0.25) is 0 Å². The molecule has 1 fully saturated rings. The van der Waals surface area contributed by atoms with Crippen LogP contribution in [0, 0.1) is 0 Å². The Morgan fingerprint density at radius 1 is 1.55 bits per heavy atom. The van der Waals surface area contributed by atoms with Crippen LogP contribution in [-0.2, 0) is 9.59 Å². The lowest BCUT2D eigenvalue weighted by molar-refractivity contribution is -0.116. The first kappa shape index (κ1) is 8.78. The second-order valence-corrected chi connectivity index (χ2v) is 4.29. The highest BCUT2D eigenvalue weighted by atomic mass is 32.2. The third-order valence-corrected chi connectivity index (χ3v) is 3.49. The maximum atomic E-state index is 10.9. The molecular weight excluding hydrogens is 160 g/mol. The number of carbonyl (C=O) groups is 2. The van der Waals surface area contributed by atoms with Gasteiger partial charge in [0.05, 0.1) is 10.5 Å². The van der Waals surface area contributed by atoms with Crippen LogP contribution in [-0.4, -0.2) is 22.6 Å². The number of Topliss-reactive ketones (excluding diaryl/α,β-unsaturated/α-hetero) is 1. The molecule has 0 aromatic rings. The Morgan fingerprint density at radius 3 is 2.82 bits per heavy atom. The summed E-state index contributed by atoms with van der Waals surface area (Å²) in [4.78, 5) is 21.3. The van der Waals surface area contributed by atoms with Crippen LogP contribution in [0.2, 0.25) is 0 Å². The van der Waals surface area contributed by atoms with Gasteiger partial charge in [-0.15, -0.1) is 11.8 Å². The summed E-state index contributed by atoms with van der Waals surface area (Å²) < 4.78 is 0. The van der Waals surface area contributed by atoms with Crippen molar-refractivity contribution in [2.45, 2.75) is 36.7 Å². The highest BCUT2D eigenvalue weighted by molar-refractivity contribution is 8.01. The van der Waals surface area contributed by atoms with Crippen LogP contribution in [0.15, 0.2) is 0 Å². The molecule has 1 heterocycles. The van der Waals surface area contributed by atoms with Gasteiger partial charge in [-0.1, -0.05) is 6.42 Å². The average molecular weight is 172 g/mol. The zero-order valence-electron chi connectivity index (χ0n) is 6.58. The molecule has 1 aliphatic heterocycles. The van der Waals surface area contributed by atoms with E-state index in [1.54, 1.807) is 6.92 Å². The van der Waals surface area contributed by atoms with E-state index in [1.807, 2.05) is 0 Å². The van der Waals surface area contributed by atoms with E-state index in [0.29, 0.717) is 0 Å². The van der Waals surface area contributed by atoms with Crippen LogP contribution < -0.4 is 0 Å². The van der Waals surface area contributed by atoms with Crippen LogP contribution >= 0.6 is 11.8 Å². The zero-order chi connectivity index (χ0) is 8.27. The Kier molecular flexibility index (Phi) is 3.12. The summed E-state index contributed by atoms with van der Waals surface area (Å²) in [6.07, 6.45) is 3.86. The van der Waals surface area contributed by atoms with E-state index in [1.165, 1.54) is 11.8 Å². The van der Waals surface area contributed by atoms with Crippen molar-refractivity contribution in [1.82, 2.24) is 0 Å². The van der Waals surface area contributed by atoms with Gasteiger partial charge in [0.1, 0.15) is 12.1 Å². The van der Waals surface area contributed by atoms with Crippen molar-refractivity contribution in [1.29, 1.82) is 0 Å². The Hall–Kier alpha value is -0.310. The molecule has 0 bridgehead atoms. The van der Waals surface area contributed by atoms with Gasteiger partial charge >= 0.3 is 0 Å². The smallest absolute Gasteiger partial charge is 0.142 e.